The van der Waals surface area contributed by atoms with Crippen molar-refractivity contribution in [3.8, 4) is 0 Å². The molecule has 1 aromatic carbocycles. The Morgan fingerprint density at radius 2 is 2.20 bits per heavy atom. The second-order valence-corrected chi connectivity index (χ2v) is 3.70. The molecule has 0 aliphatic rings. The Kier molecular flexibility index (Phi) is 2.51. The van der Waals surface area contributed by atoms with E-state index < -0.39 is 0 Å². The van der Waals surface area contributed by atoms with Crippen LogP contribution in [0.2, 0.25) is 0 Å². The maximum Gasteiger partial charge on any atom is 0.261 e. The van der Waals surface area contributed by atoms with Gasteiger partial charge in [0, 0.05) is 12.6 Å². The van der Waals surface area contributed by atoms with Crippen LogP contribution < -0.4 is 11.3 Å². The molecule has 2 N–H and O–H groups in total. The smallest absolute Gasteiger partial charge is 0.261 e. The molecular formula is C11H13N3O. The fraction of sp³-hybridized carbons (Fsp3) is 0.273. The SMILES string of the molecule is CC(N)Cn1cnc2ccccc2c1=O. The van der Waals surface area contributed by atoms with Crippen LogP contribution in [-0.4, -0.2) is 15.6 Å². The van der Waals surface area contributed by atoms with Crippen molar-refractivity contribution in [1.82, 2.24) is 9.55 Å². The first kappa shape index (κ1) is 9.86. The van der Waals surface area contributed by atoms with E-state index in [9.17, 15) is 4.79 Å². The van der Waals surface area contributed by atoms with Crippen LogP contribution in [0.25, 0.3) is 10.9 Å². The molecule has 1 heterocycles. The average Bonchev–Trinajstić information content (AvgIpc) is 2.22. The summed E-state index contributed by atoms with van der Waals surface area (Å²) in [6.45, 7) is 2.36. The molecule has 4 nitrogen and oxygen atoms in total. The van der Waals surface area contributed by atoms with Gasteiger partial charge in [0.2, 0.25) is 0 Å². The van der Waals surface area contributed by atoms with E-state index in [0.717, 1.165) is 5.52 Å². The number of rotatable bonds is 2. The summed E-state index contributed by atoms with van der Waals surface area (Å²) in [5.41, 5.74) is 6.35. The third-order valence-electron chi connectivity index (χ3n) is 2.22. The lowest BCUT2D eigenvalue weighted by molar-refractivity contribution is 0.570. The summed E-state index contributed by atoms with van der Waals surface area (Å²) >= 11 is 0. The van der Waals surface area contributed by atoms with Crippen LogP contribution in [0.5, 0.6) is 0 Å². The summed E-state index contributed by atoms with van der Waals surface area (Å²) in [6.07, 6.45) is 1.55. The lowest BCUT2D eigenvalue weighted by Gasteiger charge is -2.08. The van der Waals surface area contributed by atoms with Crippen molar-refractivity contribution in [2.45, 2.75) is 19.5 Å². The summed E-state index contributed by atoms with van der Waals surface area (Å²) in [5.74, 6) is 0. The predicted molar refractivity (Wildman–Crippen MR) is 59.7 cm³/mol. The largest absolute Gasteiger partial charge is 0.326 e. The van der Waals surface area contributed by atoms with E-state index in [1.165, 1.54) is 0 Å². The van der Waals surface area contributed by atoms with Gasteiger partial charge in [0.1, 0.15) is 0 Å². The summed E-state index contributed by atoms with van der Waals surface area (Å²) < 4.78 is 1.55. The minimum atomic E-state index is -0.0503. The first-order valence-corrected chi connectivity index (χ1v) is 4.88. The van der Waals surface area contributed by atoms with Crippen molar-refractivity contribution in [2.75, 3.05) is 0 Å². The van der Waals surface area contributed by atoms with Crippen molar-refractivity contribution in [1.29, 1.82) is 0 Å². The Hall–Kier alpha value is -1.68. The number of nitrogens with zero attached hydrogens (tertiary/aromatic N) is 2. The molecule has 0 saturated heterocycles. The molecule has 1 unspecified atom stereocenters. The van der Waals surface area contributed by atoms with Gasteiger partial charge in [0.05, 0.1) is 17.2 Å². The summed E-state index contributed by atoms with van der Waals surface area (Å²) in [6, 6.07) is 7.26. The highest BCUT2D eigenvalue weighted by atomic mass is 16.1. The molecule has 0 fully saturated rings. The summed E-state index contributed by atoms with van der Waals surface area (Å²) in [5, 5.41) is 0.639. The first-order valence-electron chi connectivity index (χ1n) is 4.88. The van der Waals surface area contributed by atoms with E-state index in [0.29, 0.717) is 11.9 Å². The van der Waals surface area contributed by atoms with Gasteiger partial charge in [0.25, 0.3) is 5.56 Å². The van der Waals surface area contributed by atoms with Gasteiger partial charge >= 0.3 is 0 Å². The Balaban J connectivity index is 2.60. The monoisotopic (exact) mass is 203 g/mol. The van der Waals surface area contributed by atoms with E-state index in [2.05, 4.69) is 4.98 Å². The number of aromatic nitrogens is 2. The minimum Gasteiger partial charge on any atom is -0.326 e. The van der Waals surface area contributed by atoms with Crippen molar-refractivity contribution < 1.29 is 0 Å². The molecule has 0 spiro atoms. The predicted octanol–water partition coefficient (Wildman–Crippen LogP) is 0.744. The molecule has 0 saturated carbocycles. The van der Waals surface area contributed by atoms with Crippen molar-refractivity contribution in [3.05, 3.63) is 40.9 Å². The zero-order valence-corrected chi connectivity index (χ0v) is 8.55. The Morgan fingerprint density at radius 1 is 1.47 bits per heavy atom. The van der Waals surface area contributed by atoms with E-state index in [-0.39, 0.29) is 11.6 Å². The van der Waals surface area contributed by atoms with Crippen molar-refractivity contribution in [3.63, 3.8) is 0 Å². The molecular weight excluding hydrogens is 190 g/mol. The molecule has 2 rings (SSSR count). The Labute approximate surface area is 87.4 Å². The van der Waals surface area contributed by atoms with Gasteiger partial charge in [-0.15, -0.1) is 0 Å². The zero-order chi connectivity index (χ0) is 10.8. The highest BCUT2D eigenvalue weighted by Crippen LogP contribution is 2.04. The number of nitrogens with two attached hydrogens (primary N) is 1. The fourth-order valence-electron chi connectivity index (χ4n) is 1.55. The van der Waals surface area contributed by atoms with Crippen LogP contribution in [0, 0.1) is 0 Å². The topological polar surface area (TPSA) is 60.9 Å². The maximum atomic E-state index is 11.9. The third-order valence-corrected chi connectivity index (χ3v) is 2.22. The van der Waals surface area contributed by atoms with Crippen LogP contribution in [0.3, 0.4) is 0 Å². The van der Waals surface area contributed by atoms with Crippen LogP contribution in [0.15, 0.2) is 35.4 Å². The van der Waals surface area contributed by atoms with Gasteiger partial charge in [-0.05, 0) is 19.1 Å². The van der Waals surface area contributed by atoms with Gasteiger partial charge in [0.15, 0.2) is 0 Å². The first-order chi connectivity index (χ1) is 7.18. The number of hydrogen-bond acceptors (Lipinski definition) is 3. The molecule has 0 aliphatic heterocycles. The molecule has 15 heavy (non-hydrogen) atoms. The molecule has 4 heteroatoms. The molecule has 0 bridgehead atoms. The number of benzene rings is 1. The van der Waals surface area contributed by atoms with E-state index in [1.54, 1.807) is 17.0 Å². The van der Waals surface area contributed by atoms with Crippen LogP contribution >= 0.6 is 0 Å². The van der Waals surface area contributed by atoms with Crippen LogP contribution in [0.4, 0.5) is 0 Å². The molecule has 2 aromatic rings. The summed E-state index contributed by atoms with van der Waals surface area (Å²) in [4.78, 5) is 16.1. The van der Waals surface area contributed by atoms with Crippen LogP contribution in [0.1, 0.15) is 6.92 Å². The molecule has 1 aromatic heterocycles. The molecule has 0 aliphatic carbocycles. The Bertz CT molecular complexity index is 531. The van der Waals surface area contributed by atoms with E-state index in [4.69, 9.17) is 5.73 Å². The third kappa shape index (κ3) is 1.89. The quantitative estimate of drug-likeness (QED) is 0.783. The standard InChI is InChI=1S/C11H13N3O/c1-8(12)6-14-7-13-10-5-3-2-4-9(10)11(14)15/h2-5,7-8H,6,12H2,1H3. The van der Waals surface area contributed by atoms with Gasteiger partial charge < -0.3 is 5.73 Å². The second kappa shape index (κ2) is 3.82. The zero-order valence-electron chi connectivity index (χ0n) is 8.55. The van der Waals surface area contributed by atoms with E-state index >= 15 is 0 Å². The molecule has 0 radical (unpaired) electrons. The normalized spacial score (nSPS) is 12.9. The number of fused-ring (bicyclic) bond motifs is 1. The Morgan fingerprint density at radius 3 is 2.93 bits per heavy atom. The van der Waals surface area contributed by atoms with Gasteiger partial charge in [-0.3, -0.25) is 9.36 Å². The summed E-state index contributed by atoms with van der Waals surface area (Å²) in [7, 11) is 0. The highest BCUT2D eigenvalue weighted by Gasteiger charge is 2.04. The lowest BCUT2D eigenvalue weighted by atomic mass is 10.2. The molecule has 1 atom stereocenters. The second-order valence-electron chi connectivity index (χ2n) is 3.70. The van der Waals surface area contributed by atoms with Gasteiger partial charge in [-0.2, -0.15) is 0 Å². The number of hydrogen-bond donors (Lipinski definition) is 1. The van der Waals surface area contributed by atoms with Gasteiger partial charge in [-0.25, -0.2) is 4.98 Å². The van der Waals surface area contributed by atoms with Crippen molar-refractivity contribution >= 4 is 10.9 Å². The lowest BCUT2D eigenvalue weighted by Crippen LogP contribution is -2.29. The van der Waals surface area contributed by atoms with Crippen molar-refractivity contribution in [2.24, 2.45) is 5.73 Å². The average molecular weight is 203 g/mol. The van der Waals surface area contributed by atoms with Crippen LogP contribution in [-0.2, 0) is 6.54 Å². The molecule has 78 valence electrons. The van der Waals surface area contributed by atoms with E-state index in [1.807, 2.05) is 25.1 Å². The maximum absolute atomic E-state index is 11.9. The minimum absolute atomic E-state index is 0.0297. The van der Waals surface area contributed by atoms with Gasteiger partial charge in [-0.1, -0.05) is 12.1 Å². The molecule has 0 amide bonds. The number of para-hydroxylation sites is 1. The highest BCUT2D eigenvalue weighted by molar-refractivity contribution is 5.76. The fourth-order valence-corrected chi connectivity index (χ4v) is 1.55.